The number of nitrogens with one attached hydrogen (secondary N) is 1. The van der Waals surface area contributed by atoms with E-state index in [9.17, 15) is 0 Å². The van der Waals surface area contributed by atoms with Crippen LogP contribution in [0.25, 0.3) is 0 Å². The highest BCUT2D eigenvalue weighted by molar-refractivity contribution is 5.31. The lowest BCUT2D eigenvalue weighted by atomic mass is 10.1. The minimum absolute atomic E-state index is 0.248. The Kier molecular flexibility index (Phi) is 5.02. The van der Waals surface area contributed by atoms with Gasteiger partial charge in [-0.25, -0.2) is 0 Å². The lowest BCUT2D eigenvalue weighted by molar-refractivity contribution is 0.123. The molecule has 2 rings (SSSR count). The SMILES string of the molecule is CCNC(COCC)c1cccc(OC2CC2)c1. The van der Waals surface area contributed by atoms with E-state index in [4.69, 9.17) is 9.47 Å². The second kappa shape index (κ2) is 6.76. The summed E-state index contributed by atoms with van der Waals surface area (Å²) in [5, 5.41) is 3.45. The molecule has 1 unspecified atom stereocenters. The molecule has 0 heterocycles. The molecule has 0 spiro atoms. The number of benzene rings is 1. The fraction of sp³-hybridized carbons (Fsp3) is 0.600. The Morgan fingerprint density at radius 2 is 2.17 bits per heavy atom. The van der Waals surface area contributed by atoms with Crippen LogP contribution in [0.4, 0.5) is 0 Å². The minimum Gasteiger partial charge on any atom is -0.490 e. The van der Waals surface area contributed by atoms with Crippen LogP contribution in [0.5, 0.6) is 5.75 Å². The van der Waals surface area contributed by atoms with Gasteiger partial charge in [-0.05, 0) is 44.0 Å². The quantitative estimate of drug-likeness (QED) is 0.768. The average molecular weight is 249 g/mol. The van der Waals surface area contributed by atoms with E-state index < -0.39 is 0 Å². The molecule has 3 nitrogen and oxygen atoms in total. The summed E-state index contributed by atoms with van der Waals surface area (Å²) in [5.41, 5.74) is 1.24. The third-order valence-electron chi connectivity index (χ3n) is 3.03. The van der Waals surface area contributed by atoms with Crippen LogP contribution in [0.2, 0.25) is 0 Å². The molecular weight excluding hydrogens is 226 g/mol. The first-order valence-corrected chi connectivity index (χ1v) is 6.91. The molecule has 1 aromatic carbocycles. The highest BCUT2D eigenvalue weighted by Crippen LogP contribution is 2.28. The fourth-order valence-electron chi connectivity index (χ4n) is 1.94. The lowest BCUT2D eigenvalue weighted by Gasteiger charge is -2.19. The molecule has 0 bridgehead atoms. The smallest absolute Gasteiger partial charge is 0.120 e. The van der Waals surface area contributed by atoms with Crippen LogP contribution in [0.3, 0.4) is 0 Å². The molecule has 0 radical (unpaired) electrons. The molecular formula is C15H23NO2. The van der Waals surface area contributed by atoms with Crippen molar-refractivity contribution in [1.82, 2.24) is 5.32 Å². The van der Waals surface area contributed by atoms with E-state index in [2.05, 4.69) is 30.4 Å². The van der Waals surface area contributed by atoms with Crippen molar-refractivity contribution in [3.05, 3.63) is 29.8 Å². The van der Waals surface area contributed by atoms with Crippen molar-refractivity contribution in [3.63, 3.8) is 0 Å². The molecule has 1 aromatic rings. The van der Waals surface area contributed by atoms with Crippen LogP contribution in [-0.4, -0.2) is 25.9 Å². The average Bonchev–Trinajstić information content (AvgIpc) is 3.19. The largest absolute Gasteiger partial charge is 0.490 e. The molecule has 0 saturated heterocycles. The Morgan fingerprint density at radius 1 is 1.33 bits per heavy atom. The normalized spacial score (nSPS) is 16.6. The monoisotopic (exact) mass is 249 g/mol. The molecule has 0 amide bonds. The Labute approximate surface area is 109 Å². The molecule has 3 heteroatoms. The summed E-state index contributed by atoms with van der Waals surface area (Å²) in [5.74, 6) is 0.981. The van der Waals surface area contributed by atoms with Crippen molar-refractivity contribution in [3.8, 4) is 5.75 Å². The van der Waals surface area contributed by atoms with E-state index in [1.807, 2.05) is 13.0 Å². The zero-order chi connectivity index (χ0) is 12.8. The predicted molar refractivity (Wildman–Crippen MR) is 73.0 cm³/mol. The third kappa shape index (κ3) is 4.00. The second-order valence-electron chi connectivity index (χ2n) is 4.66. The molecule has 1 saturated carbocycles. The standard InChI is InChI=1S/C15H23NO2/c1-3-16-15(11-17-4-2)12-6-5-7-14(10-12)18-13-8-9-13/h5-7,10,13,15-16H,3-4,8-9,11H2,1-2H3. The lowest BCUT2D eigenvalue weighted by Crippen LogP contribution is -2.25. The summed E-state index contributed by atoms with van der Waals surface area (Å²) in [6.45, 7) is 6.53. The van der Waals surface area contributed by atoms with Crippen molar-refractivity contribution < 1.29 is 9.47 Å². The number of hydrogen-bond donors (Lipinski definition) is 1. The highest BCUT2D eigenvalue weighted by atomic mass is 16.5. The summed E-state index contributed by atoms with van der Waals surface area (Å²) in [4.78, 5) is 0. The van der Waals surface area contributed by atoms with Gasteiger partial charge in [0.2, 0.25) is 0 Å². The zero-order valence-electron chi connectivity index (χ0n) is 11.3. The highest BCUT2D eigenvalue weighted by Gasteiger charge is 2.23. The van der Waals surface area contributed by atoms with Crippen molar-refractivity contribution >= 4 is 0 Å². The number of likely N-dealkylation sites (N-methyl/N-ethyl adjacent to an activating group) is 1. The van der Waals surface area contributed by atoms with Crippen LogP contribution in [0.15, 0.2) is 24.3 Å². The first-order valence-electron chi connectivity index (χ1n) is 6.91. The number of ether oxygens (including phenoxy) is 2. The first-order chi connectivity index (χ1) is 8.83. The van der Waals surface area contributed by atoms with E-state index in [1.54, 1.807) is 0 Å². The van der Waals surface area contributed by atoms with Crippen LogP contribution < -0.4 is 10.1 Å². The molecule has 0 aliphatic heterocycles. The van der Waals surface area contributed by atoms with Gasteiger partial charge in [-0.3, -0.25) is 0 Å². The van der Waals surface area contributed by atoms with E-state index in [0.717, 1.165) is 18.9 Å². The topological polar surface area (TPSA) is 30.5 Å². The zero-order valence-corrected chi connectivity index (χ0v) is 11.3. The third-order valence-corrected chi connectivity index (χ3v) is 3.03. The molecule has 100 valence electrons. The van der Waals surface area contributed by atoms with Gasteiger partial charge in [0.05, 0.1) is 18.8 Å². The Hall–Kier alpha value is -1.06. The van der Waals surface area contributed by atoms with E-state index >= 15 is 0 Å². The summed E-state index contributed by atoms with van der Waals surface area (Å²) < 4.78 is 11.4. The van der Waals surface area contributed by atoms with Crippen LogP contribution >= 0.6 is 0 Å². The molecule has 1 aliphatic carbocycles. The van der Waals surface area contributed by atoms with Gasteiger partial charge in [0.25, 0.3) is 0 Å². The van der Waals surface area contributed by atoms with Crippen molar-refractivity contribution in [2.75, 3.05) is 19.8 Å². The summed E-state index contributed by atoms with van der Waals surface area (Å²) >= 11 is 0. The second-order valence-corrected chi connectivity index (χ2v) is 4.66. The first kappa shape index (κ1) is 13.4. The van der Waals surface area contributed by atoms with E-state index in [1.165, 1.54) is 18.4 Å². The summed E-state index contributed by atoms with van der Waals surface area (Å²) in [6, 6.07) is 8.60. The van der Waals surface area contributed by atoms with Gasteiger partial charge in [0.15, 0.2) is 0 Å². The van der Waals surface area contributed by atoms with Gasteiger partial charge in [-0.1, -0.05) is 19.1 Å². The molecule has 1 aliphatic rings. The Bertz CT molecular complexity index is 363. The fourth-order valence-corrected chi connectivity index (χ4v) is 1.94. The van der Waals surface area contributed by atoms with Crippen LogP contribution in [-0.2, 0) is 4.74 Å². The van der Waals surface area contributed by atoms with Gasteiger partial charge in [-0.2, -0.15) is 0 Å². The van der Waals surface area contributed by atoms with Gasteiger partial charge in [0, 0.05) is 6.61 Å². The maximum absolute atomic E-state index is 5.83. The van der Waals surface area contributed by atoms with E-state index in [0.29, 0.717) is 12.7 Å². The predicted octanol–water partition coefficient (Wildman–Crippen LogP) is 2.91. The van der Waals surface area contributed by atoms with Crippen molar-refractivity contribution in [1.29, 1.82) is 0 Å². The maximum atomic E-state index is 5.83. The van der Waals surface area contributed by atoms with Crippen molar-refractivity contribution in [2.24, 2.45) is 0 Å². The number of hydrogen-bond acceptors (Lipinski definition) is 3. The number of rotatable bonds is 8. The maximum Gasteiger partial charge on any atom is 0.120 e. The molecule has 1 N–H and O–H groups in total. The van der Waals surface area contributed by atoms with Gasteiger partial charge in [0.1, 0.15) is 5.75 Å². The Morgan fingerprint density at radius 3 is 2.83 bits per heavy atom. The molecule has 1 atom stereocenters. The van der Waals surface area contributed by atoms with Crippen molar-refractivity contribution in [2.45, 2.75) is 38.8 Å². The van der Waals surface area contributed by atoms with Crippen LogP contribution in [0, 0.1) is 0 Å². The molecule has 1 fully saturated rings. The molecule has 18 heavy (non-hydrogen) atoms. The van der Waals surface area contributed by atoms with Gasteiger partial charge in [-0.15, -0.1) is 0 Å². The van der Waals surface area contributed by atoms with Gasteiger partial charge >= 0.3 is 0 Å². The minimum atomic E-state index is 0.248. The summed E-state index contributed by atoms with van der Waals surface area (Å²) in [7, 11) is 0. The van der Waals surface area contributed by atoms with E-state index in [-0.39, 0.29) is 6.04 Å². The summed E-state index contributed by atoms with van der Waals surface area (Å²) in [6.07, 6.45) is 2.84. The Balaban J connectivity index is 2.02. The van der Waals surface area contributed by atoms with Gasteiger partial charge < -0.3 is 14.8 Å². The van der Waals surface area contributed by atoms with Crippen LogP contribution in [0.1, 0.15) is 38.3 Å². The molecule has 0 aromatic heterocycles.